The van der Waals surface area contributed by atoms with Crippen molar-refractivity contribution >= 4 is 16.3 Å². The molecule has 0 aliphatic carbocycles. The highest BCUT2D eigenvalue weighted by Crippen LogP contribution is 2.14. The first-order chi connectivity index (χ1) is 7.70. The summed E-state index contributed by atoms with van der Waals surface area (Å²) in [5.41, 5.74) is 0.707. The Morgan fingerprint density at radius 3 is 3.00 bits per heavy atom. The Balaban J connectivity index is 2.10. The molecular formula is C10H13F2N3S. The minimum Gasteiger partial charge on any atom is -0.309 e. The van der Waals surface area contributed by atoms with Crippen LogP contribution in [0.4, 0.5) is 8.78 Å². The van der Waals surface area contributed by atoms with Gasteiger partial charge in [-0.25, -0.2) is 13.8 Å². The molecule has 0 amide bonds. The van der Waals surface area contributed by atoms with Crippen molar-refractivity contribution in [1.82, 2.24) is 14.7 Å². The second kappa shape index (κ2) is 4.88. The number of thiazole rings is 1. The minimum absolute atomic E-state index is 0.264. The van der Waals surface area contributed by atoms with Crippen molar-refractivity contribution in [3.05, 3.63) is 23.5 Å². The van der Waals surface area contributed by atoms with E-state index in [2.05, 4.69) is 10.3 Å². The van der Waals surface area contributed by atoms with Crippen molar-refractivity contribution in [3.8, 4) is 0 Å². The van der Waals surface area contributed by atoms with E-state index >= 15 is 0 Å². The molecule has 0 radical (unpaired) electrons. The van der Waals surface area contributed by atoms with E-state index < -0.39 is 12.5 Å². The van der Waals surface area contributed by atoms with Crippen molar-refractivity contribution in [3.63, 3.8) is 0 Å². The summed E-state index contributed by atoms with van der Waals surface area (Å²) in [5.74, 6) is 0. The van der Waals surface area contributed by atoms with Crippen molar-refractivity contribution in [2.75, 3.05) is 6.54 Å². The Morgan fingerprint density at radius 2 is 2.38 bits per heavy atom. The van der Waals surface area contributed by atoms with Gasteiger partial charge in [0, 0.05) is 24.2 Å². The van der Waals surface area contributed by atoms with Gasteiger partial charge in [-0.15, -0.1) is 11.3 Å². The summed E-state index contributed by atoms with van der Waals surface area (Å²) in [6, 6.07) is -0.811. The van der Waals surface area contributed by atoms with E-state index in [0.29, 0.717) is 12.2 Å². The molecule has 2 heterocycles. The van der Waals surface area contributed by atoms with Crippen molar-refractivity contribution in [1.29, 1.82) is 0 Å². The fourth-order valence-corrected chi connectivity index (χ4v) is 2.33. The van der Waals surface area contributed by atoms with Crippen molar-refractivity contribution in [2.45, 2.75) is 25.8 Å². The lowest BCUT2D eigenvalue weighted by Crippen LogP contribution is -2.37. The molecule has 1 unspecified atom stereocenters. The Hall–Kier alpha value is -1.01. The first kappa shape index (κ1) is 11.5. The van der Waals surface area contributed by atoms with Crippen molar-refractivity contribution in [2.24, 2.45) is 0 Å². The number of nitrogens with one attached hydrogen (secondary N) is 1. The van der Waals surface area contributed by atoms with E-state index in [-0.39, 0.29) is 6.42 Å². The molecule has 0 aromatic carbocycles. The molecule has 0 aliphatic rings. The lowest BCUT2D eigenvalue weighted by Gasteiger charge is -2.15. The first-order valence-electron chi connectivity index (χ1n) is 5.13. The number of rotatable bonds is 5. The molecule has 1 N–H and O–H groups in total. The number of hydrogen-bond acceptors (Lipinski definition) is 3. The Kier molecular flexibility index (Phi) is 3.50. The van der Waals surface area contributed by atoms with Gasteiger partial charge in [-0.2, -0.15) is 0 Å². The average Bonchev–Trinajstić information content (AvgIpc) is 2.76. The fourth-order valence-electron chi connectivity index (χ4n) is 1.61. The average molecular weight is 245 g/mol. The van der Waals surface area contributed by atoms with Gasteiger partial charge in [0.25, 0.3) is 6.43 Å². The van der Waals surface area contributed by atoms with Gasteiger partial charge in [0.2, 0.25) is 0 Å². The summed E-state index contributed by atoms with van der Waals surface area (Å²) < 4.78 is 27.2. The molecule has 88 valence electrons. The lowest BCUT2D eigenvalue weighted by atomic mass is 10.2. The van der Waals surface area contributed by atoms with Crippen LogP contribution in [0, 0.1) is 0 Å². The highest BCUT2D eigenvalue weighted by molar-refractivity contribution is 7.15. The molecule has 2 aromatic rings. The molecule has 0 spiro atoms. The maximum Gasteiger partial charge on any atom is 0.254 e. The molecule has 2 aromatic heterocycles. The van der Waals surface area contributed by atoms with Crippen LogP contribution < -0.4 is 5.32 Å². The Morgan fingerprint density at radius 1 is 1.56 bits per heavy atom. The number of fused-ring (bicyclic) bond motifs is 1. The van der Waals surface area contributed by atoms with Gasteiger partial charge in [-0.05, 0) is 6.54 Å². The van der Waals surface area contributed by atoms with Crippen LogP contribution in [0.2, 0.25) is 0 Å². The predicted molar refractivity (Wildman–Crippen MR) is 60.2 cm³/mol. The van der Waals surface area contributed by atoms with Gasteiger partial charge in [0.15, 0.2) is 4.96 Å². The van der Waals surface area contributed by atoms with Crippen LogP contribution in [0.1, 0.15) is 12.6 Å². The van der Waals surface area contributed by atoms with E-state index in [4.69, 9.17) is 0 Å². The molecule has 0 saturated heterocycles. The molecule has 0 aliphatic heterocycles. The number of alkyl halides is 2. The summed E-state index contributed by atoms with van der Waals surface area (Å²) >= 11 is 1.50. The van der Waals surface area contributed by atoms with E-state index in [1.165, 1.54) is 11.3 Å². The lowest BCUT2D eigenvalue weighted by molar-refractivity contribution is 0.0987. The number of nitrogens with zero attached hydrogens (tertiary/aromatic N) is 2. The molecular weight excluding hydrogens is 232 g/mol. The Bertz CT molecular complexity index is 423. The monoisotopic (exact) mass is 245 g/mol. The van der Waals surface area contributed by atoms with Crippen LogP contribution in [-0.4, -0.2) is 28.4 Å². The molecule has 0 fully saturated rings. The molecule has 16 heavy (non-hydrogen) atoms. The zero-order chi connectivity index (χ0) is 11.5. The number of likely N-dealkylation sites (N-methyl/N-ethyl adjacent to an activating group) is 1. The van der Waals surface area contributed by atoms with E-state index in [1.807, 2.05) is 22.9 Å². The van der Waals surface area contributed by atoms with E-state index in [9.17, 15) is 8.78 Å². The van der Waals surface area contributed by atoms with E-state index in [0.717, 1.165) is 4.96 Å². The van der Waals surface area contributed by atoms with Gasteiger partial charge in [0.05, 0.1) is 11.7 Å². The summed E-state index contributed by atoms with van der Waals surface area (Å²) in [7, 11) is 0. The molecule has 3 nitrogen and oxygen atoms in total. The second-order valence-electron chi connectivity index (χ2n) is 3.53. The van der Waals surface area contributed by atoms with Crippen LogP contribution in [0.15, 0.2) is 17.8 Å². The molecule has 0 bridgehead atoms. The number of imidazole rings is 1. The minimum atomic E-state index is -2.36. The van der Waals surface area contributed by atoms with Gasteiger partial charge in [-0.3, -0.25) is 4.40 Å². The molecule has 0 saturated carbocycles. The quantitative estimate of drug-likeness (QED) is 0.875. The smallest absolute Gasteiger partial charge is 0.254 e. The molecule has 1 atom stereocenters. The largest absolute Gasteiger partial charge is 0.309 e. The van der Waals surface area contributed by atoms with Gasteiger partial charge < -0.3 is 5.32 Å². The van der Waals surface area contributed by atoms with Crippen LogP contribution in [0.25, 0.3) is 4.96 Å². The van der Waals surface area contributed by atoms with Crippen LogP contribution in [-0.2, 0) is 6.42 Å². The third-order valence-corrected chi connectivity index (χ3v) is 3.11. The van der Waals surface area contributed by atoms with Crippen molar-refractivity contribution < 1.29 is 8.78 Å². The zero-order valence-corrected chi connectivity index (χ0v) is 9.68. The van der Waals surface area contributed by atoms with Crippen LogP contribution in [0.3, 0.4) is 0 Å². The van der Waals surface area contributed by atoms with Crippen LogP contribution >= 0.6 is 11.3 Å². The molecule has 6 heteroatoms. The number of halogens is 2. The van der Waals surface area contributed by atoms with Gasteiger partial charge in [0.1, 0.15) is 0 Å². The predicted octanol–water partition coefficient (Wildman–Crippen LogP) is 2.18. The standard InChI is InChI=1S/C10H13F2N3S/c1-2-13-8(9(11)12)5-7-6-15-3-4-16-10(15)14-7/h3-4,6,8-9,13H,2,5H2,1H3. The van der Waals surface area contributed by atoms with Crippen LogP contribution in [0.5, 0.6) is 0 Å². The Labute approximate surface area is 96.1 Å². The van der Waals surface area contributed by atoms with E-state index in [1.54, 1.807) is 6.20 Å². The third kappa shape index (κ3) is 2.38. The first-order valence-corrected chi connectivity index (χ1v) is 6.01. The number of aromatic nitrogens is 2. The van der Waals surface area contributed by atoms with Gasteiger partial charge in [-0.1, -0.05) is 6.92 Å². The highest BCUT2D eigenvalue weighted by atomic mass is 32.1. The van der Waals surface area contributed by atoms with Gasteiger partial charge >= 0.3 is 0 Å². The SMILES string of the molecule is CCNC(Cc1cn2ccsc2n1)C(F)F. The normalized spacial score (nSPS) is 13.8. The summed E-state index contributed by atoms with van der Waals surface area (Å²) in [6.45, 7) is 2.36. The highest BCUT2D eigenvalue weighted by Gasteiger charge is 2.20. The summed E-state index contributed by atoms with van der Waals surface area (Å²) in [6.07, 6.45) is 1.58. The summed E-state index contributed by atoms with van der Waals surface area (Å²) in [4.78, 5) is 5.13. The second-order valence-corrected chi connectivity index (χ2v) is 4.40. The molecule has 2 rings (SSSR count). The fraction of sp³-hybridized carbons (Fsp3) is 0.500. The maximum atomic E-state index is 12.7. The number of hydrogen-bond donors (Lipinski definition) is 1. The topological polar surface area (TPSA) is 29.3 Å². The third-order valence-electron chi connectivity index (χ3n) is 2.34. The zero-order valence-electron chi connectivity index (χ0n) is 8.86. The maximum absolute atomic E-state index is 12.7. The summed E-state index contributed by atoms with van der Waals surface area (Å²) in [5, 5.41) is 4.69.